The smallest absolute Gasteiger partial charge is 0.141 e. The molecule has 1 aliphatic heterocycles. The quantitative estimate of drug-likeness (QED) is 0.916. The Labute approximate surface area is 117 Å². The van der Waals surface area contributed by atoms with Crippen molar-refractivity contribution in [2.45, 2.75) is 32.7 Å². The van der Waals surface area contributed by atoms with Crippen LogP contribution in [-0.4, -0.2) is 29.1 Å². The van der Waals surface area contributed by atoms with Gasteiger partial charge in [0.25, 0.3) is 0 Å². The second kappa shape index (κ2) is 5.06. The number of nitrogens with two attached hydrogens (primary N) is 1. The lowest BCUT2D eigenvalue weighted by Crippen LogP contribution is -2.46. The molecule has 0 saturated carbocycles. The first-order valence-electron chi connectivity index (χ1n) is 6.87. The first-order chi connectivity index (χ1) is 9.19. The Hall–Kier alpha value is -1.20. The van der Waals surface area contributed by atoms with Crippen molar-refractivity contribution in [2.75, 3.05) is 18.0 Å². The number of anilines is 1. The average molecular weight is 276 g/mol. The highest BCUT2D eigenvalue weighted by atomic mass is 32.1. The van der Waals surface area contributed by atoms with Gasteiger partial charge >= 0.3 is 0 Å². The van der Waals surface area contributed by atoms with Gasteiger partial charge in [-0.1, -0.05) is 6.92 Å². The zero-order valence-corrected chi connectivity index (χ0v) is 12.3. The van der Waals surface area contributed by atoms with E-state index in [2.05, 4.69) is 34.8 Å². The van der Waals surface area contributed by atoms with E-state index in [1.807, 2.05) is 0 Å². The number of aromatic nitrogens is 2. The molecule has 3 rings (SSSR count). The van der Waals surface area contributed by atoms with Crippen molar-refractivity contribution in [1.29, 1.82) is 0 Å². The van der Waals surface area contributed by atoms with Crippen molar-refractivity contribution in [1.82, 2.24) is 9.97 Å². The molecule has 2 N–H and O–H groups in total. The van der Waals surface area contributed by atoms with Crippen molar-refractivity contribution < 1.29 is 0 Å². The zero-order chi connectivity index (χ0) is 13.4. The number of piperidine rings is 1. The number of rotatable bonds is 2. The second-order valence-corrected chi connectivity index (χ2v) is 6.72. The van der Waals surface area contributed by atoms with Crippen LogP contribution in [0.15, 0.2) is 12.4 Å². The molecule has 1 fully saturated rings. The van der Waals surface area contributed by atoms with Crippen LogP contribution in [0.2, 0.25) is 0 Å². The van der Waals surface area contributed by atoms with Crippen LogP contribution < -0.4 is 10.6 Å². The largest absolute Gasteiger partial charge is 0.352 e. The van der Waals surface area contributed by atoms with E-state index in [0.717, 1.165) is 29.5 Å². The number of fused-ring (bicyclic) bond motifs is 1. The molecule has 0 aliphatic carbocycles. The van der Waals surface area contributed by atoms with E-state index in [1.54, 1.807) is 17.7 Å². The lowest BCUT2D eigenvalue weighted by Gasteiger charge is -2.39. The minimum atomic E-state index is 0.405. The van der Waals surface area contributed by atoms with Crippen LogP contribution in [0.25, 0.3) is 10.2 Å². The van der Waals surface area contributed by atoms with E-state index in [0.29, 0.717) is 12.6 Å². The molecule has 19 heavy (non-hydrogen) atoms. The first kappa shape index (κ1) is 12.8. The van der Waals surface area contributed by atoms with Crippen LogP contribution in [0.5, 0.6) is 0 Å². The second-order valence-electron chi connectivity index (χ2n) is 5.49. The molecule has 2 aromatic rings. The summed E-state index contributed by atoms with van der Waals surface area (Å²) in [5.41, 5.74) is 5.96. The minimum absolute atomic E-state index is 0.405. The van der Waals surface area contributed by atoms with E-state index in [-0.39, 0.29) is 0 Å². The van der Waals surface area contributed by atoms with E-state index < -0.39 is 0 Å². The summed E-state index contributed by atoms with van der Waals surface area (Å²) in [6, 6.07) is 2.60. The summed E-state index contributed by atoms with van der Waals surface area (Å²) in [6.45, 7) is 6.17. The lowest BCUT2D eigenvalue weighted by atomic mass is 9.92. The molecule has 3 heterocycles. The first-order valence-corrected chi connectivity index (χ1v) is 7.68. The van der Waals surface area contributed by atoms with E-state index in [9.17, 15) is 0 Å². The highest BCUT2D eigenvalue weighted by Crippen LogP contribution is 2.33. The highest BCUT2D eigenvalue weighted by molar-refractivity contribution is 7.18. The Balaban J connectivity index is 2.03. The third kappa shape index (κ3) is 2.32. The Morgan fingerprint density at radius 2 is 2.32 bits per heavy atom. The summed E-state index contributed by atoms with van der Waals surface area (Å²) in [6.07, 6.45) is 4.05. The maximum absolute atomic E-state index is 5.96. The molecule has 2 aromatic heterocycles. The molecule has 0 bridgehead atoms. The molecule has 0 radical (unpaired) electrons. The van der Waals surface area contributed by atoms with Gasteiger partial charge in [-0.2, -0.15) is 0 Å². The fraction of sp³-hybridized carbons (Fsp3) is 0.571. The summed E-state index contributed by atoms with van der Waals surface area (Å²) >= 11 is 1.73. The third-order valence-electron chi connectivity index (χ3n) is 3.95. The third-order valence-corrected chi connectivity index (χ3v) is 4.91. The summed E-state index contributed by atoms with van der Waals surface area (Å²) < 4.78 is 0. The van der Waals surface area contributed by atoms with Crippen molar-refractivity contribution >= 4 is 27.4 Å². The van der Waals surface area contributed by atoms with E-state index >= 15 is 0 Å². The van der Waals surface area contributed by atoms with Crippen LogP contribution in [-0.2, 0) is 0 Å². The van der Waals surface area contributed by atoms with Gasteiger partial charge in [0, 0.05) is 24.0 Å². The normalized spacial score (nSPS) is 24.1. The number of nitrogens with zero attached hydrogens (tertiary/aromatic N) is 3. The molecule has 5 heteroatoms. The maximum Gasteiger partial charge on any atom is 0.141 e. The Morgan fingerprint density at radius 3 is 3.11 bits per heavy atom. The van der Waals surface area contributed by atoms with Crippen LogP contribution in [0.3, 0.4) is 0 Å². The monoisotopic (exact) mass is 276 g/mol. The molecule has 0 amide bonds. The van der Waals surface area contributed by atoms with Gasteiger partial charge in [0.15, 0.2) is 0 Å². The van der Waals surface area contributed by atoms with Gasteiger partial charge in [0.2, 0.25) is 0 Å². The molecule has 0 aromatic carbocycles. The minimum Gasteiger partial charge on any atom is -0.352 e. The van der Waals surface area contributed by atoms with Gasteiger partial charge in [0.1, 0.15) is 17.0 Å². The van der Waals surface area contributed by atoms with Gasteiger partial charge in [-0.05, 0) is 31.7 Å². The molecule has 2 unspecified atom stereocenters. The van der Waals surface area contributed by atoms with Crippen molar-refractivity contribution in [3.8, 4) is 0 Å². The molecule has 102 valence electrons. The predicted octanol–water partition coefficient (Wildman–Crippen LogP) is 2.56. The Morgan fingerprint density at radius 1 is 1.47 bits per heavy atom. The van der Waals surface area contributed by atoms with Gasteiger partial charge in [-0.15, -0.1) is 11.3 Å². The van der Waals surface area contributed by atoms with Crippen LogP contribution in [0.1, 0.15) is 24.6 Å². The molecule has 2 atom stereocenters. The maximum atomic E-state index is 5.96. The number of thiophene rings is 1. The summed E-state index contributed by atoms with van der Waals surface area (Å²) in [5.74, 6) is 1.82. The van der Waals surface area contributed by atoms with E-state index in [1.165, 1.54) is 16.7 Å². The highest BCUT2D eigenvalue weighted by Gasteiger charge is 2.27. The lowest BCUT2D eigenvalue weighted by molar-refractivity contribution is 0.365. The standard InChI is InChI=1S/C14H20N4S/c1-9-3-4-18(11(5-9)7-15)13-12-6-10(2)19-14(12)17-8-16-13/h6,8-9,11H,3-5,7,15H2,1-2H3. The molecule has 4 nitrogen and oxygen atoms in total. The molecular weight excluding hydrogens is 256 g/mol. The zero-order valence-electron chi connectivity index (χ0n) is 11.5. The Kier molecular flexibility index (Phi) is 3.41. The average Bonchev–Trinajstić information content (AvgIpc) is 2.78. The van der Waals surface area contributed by atoms with Crippen LogP contribution in [0.4, 0.5) is 5.82 Å². The van der Waals surface area contributed by atoms with Gasteiger partial charge in [-0.25, -0.2) is 9.97 Å². The molecule has 1 aliphatic rings. The molecular formula is C14H20N4S. The number of hydrogen-bond acceptors (Lipinski definition) is 5. The summed E-state index contributed by atoms with van der Waals surface area (Å²) in [5, 5.41) is 1.18. The van der Waals surface area contributed by atoms with Crippen LogP contribution in [0, 0.1) is 12.8 Å². The SMILES string of the molecule is Cc1cc2c(N3CCC(C)CC3CN)ncnc2s1. The molecule has 0 spiro atoms. The summed E-state index contributed by atoms with van der Waals surface area (Å²) in [4.78, 5) is 13.7. The van der Waals surface area contributed by atoms with Gasteiger partial charge < -0.3 is 10.6 Å². The Bertz CT molecular complexity index is 580. The summed E-state index contributed by atoms with van der Waals surface area (Å²) in [7, 11) is 0. The topological polar surface area (TPSA) is 55.0 Å². The van der Waals surface area contributed by atoms with Gasteiger partial charge in [0.05, 0.1) is 5.39 Å². The predicted molar refractivity (Wildman–Crippen MR) is 80.7 cm³/mol. The number of hydrogen-bond donors (Lipinski definition) is 1. The fourth-order valence-electron chi connectivity index (χ4n) is 2.95. The van der Waals surface area contributed by atoms with Crippen molar-refractivity contribution in [2.24, 2.45) is 11.7 Å². The molecule has 1 saturated heterocycles. The number of aryl methyl sites for hydroxylation is 1. The van der Waals surface area contributed by atoms with Crippen LogP contribution >= 0.6 is 11.3 Å². The van der Waals surface area contributed by atoms with Crippen molar-refractivity contribution in [3.63, 3.8) is 0 Å². The van der Waals surface area contributed by atoms with E-state index in [4.69, 9.17) is 5.73 Å². The van der Waals surface area contributed by atoms with Gasteiger partial charge in [-0.3, -0.25) is 0 Å². The van der Waals surface area contributed by atoms with Crippen molar-refractivity contribution in [3.05, 3.63) is 17.3 Å². The fourth-order valence-corrected chi connectivity index (χ4v) is 3.79.